The van der Waals surface area contributed by atoms with E-state index in [1.807, 2.05) is 6.07 Å². The molecule has 1 aromatic carbocycles. The molecule has 0 radical (unpaired) electrons. The lowest BCUT2D eigenvalue weighted by molar-refractivity contribution is -0.145. The lowest BCUT2D eigenvalue weighted by atomic mass is 9.84. The van der Waals surface area contributed by atoms with Crippen molar-refractivity contribution in [3.05, 3.63) is 23.3 Å². The number of carbonyl (C=O) groups is 1. The van der Waals surface area contributed by atoms with Gasteiger partial charge in [0, 0.05) is 31.3 Å². The molecular formula is C14H18N2O3. The van der Waals surface area contributed by atoms with Gasteiger partial charge >= 0.3 is 5.97 Å². The van der Waals surface area contributed by atoms with Crippen LogP contribution in [-0.2, 0) is 17.6 Å². The third kappa shape index (κ3) is 1.85. The predicted molar refractivity (Wildman–Crippen MR) is 71.8 cm³/mol. The van der Waals surface area contributed by atoms with Crippen molar-refractivity contribution in [1.29, 1.82) is 0 Å². The molecule has 2 aliphatic rings. The molecule has 2 heterocycles. The molecule has 102 valence electrons. The number of anilines is 1. The number of carboxylic acids is 1. The molecule has 1 aromatic rings. The summed E-state index contributed by atoms with van der Waals surface area (Å²) in [6, 6.07) is 3.98. The third-order valence-electron chi connectivity index (χ3n) is 4.10. The van der Waals surface area contributed by atoms with E-state index >= 15 is 0 Å². The summed E-state index contributed by atoms with van der Waals surface area (Å²) in [7, 11) is 2.06. The topological polar surface area (TPSA) is 75.8 Å². The number of hydrogen-bond donors (Lipinski definition) is 2. The molecule has 1 unspecified atom stereocenters. The molecule has 1 atom stereocenters. The van der Waals surface area contributed by atoms with Crippen LogP contribution < -0.4 is 15.4 Å². The van der Waals surface area contributed by atoms with Crippen molar-refractivity contribution in [3.8, 4) is 5.75 Å². The molecule has 3 rings (SSSR count). The third-order valence-corrected chi connectivity index (χ3v) is 4.10. The molecule has 0 saturated carbocycles. The fourth-order valence-corrected chi connectivity index (χ4v) is 2.95. The number of nitrogens with two attached hydrogens (primary N) is 1. The van der Waals surface area contributed by atoms with Crippen LogP contribution in [0.3, 0.4) is 0 Å². The highest BCUT2D eigenvalue weighted by atomic mass is 16.5. The largest absolute Gasteiger partial charge is 0.491 e. The van der Waals surface area contributed by atoms with E-state index in [-0.39, 0.29) is 6.61 Å². The summed E-state index contributed by atoms with van der Waals surface area (Å²) in [6.07, 6.45) is 2.38. The Kier molecular flexibility index (Phi) is 2.67. The Morgan fingerprint density at radius 2 is 2.26 bits per heavy atom. The first-order valence-electron chi connectivity index (χ1n) is 6.52. The van der Waals surface area contributed by atoms with Gasteiger partial charge in [-0.05, 0) is 30.5 Å². The maximum absolute atomic E-state index is 11.3. The van der Waals surface area contributed by atoms with E-state index in [9.17, 15) is 9.90 Å². The van der Waals surface area contributed by atoms with E-state index in [0.29, 0.717) is 6.42 Å². The summed E-state index contributed by atoms with van der Waals surface area (Å²) in [6.45, 7) is 1.06. The predicted octanol–water partition coefficient (Wildman–Crippen LogP) is 0.786. The summed E-state index contributed by atoms with van der Waals surface area (Å²) in [5, 5.41) is 9.26. The zero-order valence-corrected chi connectivity index (χ0v) is 11.0. The van der Waals surface area contributed by atoms with Gasteiger partial charge in [0.1, 0.15) is 12.4 Å². The van der Waals surface area contributed by atoms with Crippen LogP contribution >= 0.6 is 0 Å². The normalized spacial score (nSPS) is 25.3. The number of ether oxygens (including phenoxy) is 1. The van der Waals surface area contributed by atoms with E-state index in [1.54, 1.807) is 0 Å². The molecule has 19 heavy (non-hydrogen) atoms. The smallest absolute Gasteiger partial charge is 0.327 e. The van der Waals surface area contributed by atoms with Gasteiger partial charge in [-0.3, -0.25) is 4.79 Å². The summed E-state index contributed by atoms with van der Waals surface area (Å²) in [5.74, 6) is -0.212. The lowest BCUT2D eigenvalue weighted by Crippen LogP contribution is -2.56. The first-order chi connectivity index (χ1) is 9.01. The first-order valence-corrected chi connectivity index (χ1v) is 6.52. The van der Waals surface area contributed by atoms with Crippen molar-refractivity contribution in [2.75, 3.05) is 25.1 Å². The maximum Gasteiger partial charge on any atom is 0.327 e. The second-order valence-corrected chi connectivity index (χ2v) is 5.49. The second kappa shape index (κ2) is 4.13. The number of nitrogens with zero attached hydrogens (tertiary/aromatic N) is 1. The van der Waals surface area contributed by atoms with Gasteiger partial charge in [-0.25, -0.2) is 0 Å². The number of aliphatic carboxylic acids is 1. The molecular weight excluding hydrogens is 244 g/mol. The quantitative estimate of drug-likeness (QED) is 0.782. The Bertz CT molecular complexity index is 544. The number of carboxylic acid groups (broad SMARTS) is 1. The highest BCUT2D eigenvalue weighted by molar-refractivity contribution is 5.80. The molecule has 0 amide bonds. The monoisotopic (exact) mass is 262 g/mol. The van der Waals surface area contributed by atoms with E-state index < -0.39 is 11.5 Å². The standard InChI is InChI=1S/C14H18N2O3/c1-16-6-2-3-9-10-7-14(15,13(17)18)8-19-12(10)5-4-11(9)16/h4-5H,2-3,6-8,15H2,1H3,(H,17,18). The highest BCUT2D eigenvalue weighted by Crippen LogP contribution is 2.38. The van der Waals surface area contributed by atoms with Gasteiger partial charge in [-0.15, -0.1) is 0 Å². The van der Waals surface area contributed by atoms with E-state index in [1.165, 1.54) is 11.3 Å². The number of rotatable bonds is 1. The fraction of sp³-hybridized carbons (Fsp3) is 0.500. The van der Waals surface area contributed by atoms with Crippen LogP contribution in [0.1, 0.15) is 17.5 Å². The van der Waals surface area contributed by atoms with Crippen molar-refractivity contribution < 1.29 is 14.6 Å². The zero-order chi connectivity index (χ0) is 13.6. The molecule has 5 heteroatoms. The Morgan fingerprint density at radius 1 is 1.47 bits per heavy atom. The Balaban J connectivity index is 2.08. The zero-order valence-electron chi connectivity index (χ0n) is 11.0. The summed E-state index contributed by atoms with van der Waals surface area (Å²) >= 11 is 0. The molecule has 3 N–H and O–H groups in total. The number of benzene rings is 1. The summed E-state index contributed by atoms with van der Waals surface area (Å²) < 4.78 is 5.58. The molecule has 2 aliphatic heterocycles. The van der Waals surface area contributed by atoms with Crippen LogP contribution in [0.4, 0.5) is 5.69 Å². The van der Waals surface area contributed by atoms with Crippen LogP contribution in [0.2, 0.25) is 0 Å². The second-order valence-electron chi connectivity index (χ2n) is 5.49. The van der Waals surface area contributed by atoms with Crippen LogP contribution in [0, 0.1) is 0 Å². The molecule has 0 spiro atoms. The van der Waals surface area contributed by atoms with Crippen molar-refractivity contribution in [2.24, 2.45) is 5.73 Å². The van der Waals surface area contributed by atoms with Gasteiger partial charge in [0.25, 0.3) is 0 Å². The lowest BCUT2D eigenvalue weighted by Gasteiger charge is -2.36. The Labute approximate surface area is 112 Å². The van der Waals surface area contributed by atoms with Crippen LogP contribution in [0.5, 0.6) is 5.75 Å². The van der Waals surface area contributed by atoms with Crippen molar-refractivity contribution in [3.63, 3.8) is 0 Å². The van der Waals surface area contributed by atoms with Gasteiger partial charge in [0.2, 0.25) is 0 Å². The molecule has 0 bridgehead atoms. The van der Waals surface area contributed by atoms with Crippen LogP contribution in [-0.4, -0.2) is 36.8 Å². The fourth-order valence-electron chi connectivity index (χ4n) is 2.95. The van der Waals surface area contributed by atoms with E-state index in [2.05, 4.69) is 18.0 Å². The summed E-state index contributed by atoms with van der Waals surface area (Å²) in [4.78, 5) is 13.5. The van der Waals surface area contributed by atoms with E-state index in [0.717, 1.165) is 30.7 Å². The minimum atomic E-state index is -1.31. The molecule has 0 aromatic heterocycles. The van der Waals surface area contributed by atoms with Gasteiger partial charge in [-0.2, -0.15) is 0 Å². The SMILES string of the molecule is CN1CCCc2c1ccc1c2CC(N)(C(=O)O)CO1. The van der Waals surface area contributed by atoms with Crippen molar-refractivity contribution in [1.82, 2.24) is 0 Å². The number of fused-ring (bicyclic) bond motifs is 3. The van der Waals surface area contributed by atoms with Gasteiger partial charge < -0.3 is 20.5 Å². The van der Waals surface area contributed by atoms with Crippen molar-refractivity contribution in [2.45, 2.75) is 24.8 Å². The average Bonchev–Trinajstić information content (AvgIpc) is 2.39. The van der Waals surface area contributed by atoms with Crippen LogP contribution in [0.15, 0.2) is 12.1 Å². The van der Waals surface area contributed by atoms with Gasteiger partial charge in [0.15, 0.2) is 5.54 Å². The molecule has 0 fully saturated rings. The summed E-state index contributed by atoms with van der Waals surface area (Å²) in [5.41, 5.74) is 7.98. The average molecular weight is 262 g/mol. The first kappa shape index (κ1) is 12.3. The maximum atomic E-state index is 11.3. The Hall–Kier alpha value is -1.75. The Morgan fingerprint density at radius 3 is 3.00 bits per heavy atom. The van der Waals surface area contributed by atoms with Gasteiger partial charge in [0.05, 0.1) is 0 Å². The molecule has 0 aliphatic carbocycles. The molecule has 0 saturated heterocycles. The minimum absolute atomic E-state index is 0.0317. The number of hydrogen-bond acceptors (Lipinski definition) is 4. The minimum Gasteiger partial charge on any atom is -0.491 e. The van der Waals surface area contributed by atoms with Gasteiger partial charge in [-0.1, -0.05) is 0 Å². The molecule has 5 nitrogen and oxygen atoms in total. The highest BCUT2D eigenvalue weighted by Gasteiger charge is 2.41. The van der Waals surface area contributed by atoms with Crippen LogP contribution in [0.25, 0.3) is 0 Å². The van der Waals surface area contributed by atoms with Crippen molar-refractivity contribution >= 4 is 11.7 Å². The van der Waals surface area contributed by atoms with E-state index in [4.69, 9.17) is 10.5 Å².